The van der Waals surface area contributed by atoms with Gasteiger partial charge >= 0.3 is 0 Å². The Morgan fingerprint density at radius 1 is 1.13 bits per heavy atom. The van der Waals surface area contributed by atoms with Crippen molar-refractivity contribution < 1.29 is 0 Å². The molecule has 118 valence electrons. The van der Waals surface area contributed by atoms with E-state index in [2.05, 4.69) is 12.1 Å². The second kappa shape index (κ2) is 6.57. The van der Waals surface area contributed by atoms with Crippen LogP contribution >= 0.6 is 11.6 Å². The summed E-state index contributed by atoms with van der Waals surface area (Å²) in [6.07, 6.45) is 0.774. The Bertz CT molecular complexity index is 885. The number of fused-ring (bicyclic) bond motifs is 1. The number of halogens is 1. The number of benzene rings is 2. The zero-order chi connectivity index (χ0) is 16.4. The van der Waals surface area contributed by atoms with Crippen LogP contribution in [0.3, 0.4) is 0 Å². The van der Waals surface area contributed by atoms with Crippen molar-refractivity contribution in [3.63, 3.8) is 0 Å². The van der Waals surface area contributed by atoms with E-state index in [4.69, 9.17) is 17.3 Å². The molecule has 3 rings (SSSR count). The molecule has 4 heteroatoms. The molecule has 0 spiro atoms. The fourth-order valence-electron chi connectivity index (χ4n) is 2.87. The average Bonchev–Trinajstić information content (AvgIpc) is 2.54. The highest BCUT2D eigenvalue weighted by atomic mass is 35.5. The van der Waals surface area contributed by atoms with Crippen molar-refractivity contribution in [3.8, 4) is 0 Å². The third-order valence-electron chi connectivity index (χ3n) is 4.05. The highest BCUT2D eigenvalue weighted by Crippen LogP contribution is 2.23. The third kappa shape index (κ3) is 3.16. The highest BCUT2D eigenvalue weighted by molar-refractivity contribution is 6.35. The molecular weight excluding hydrogens is 308 g/mol. The molecule has 0 bridgehead atoms. The summed E-state index contributed by atoms with van der Waals surface area (Å²) in [5.74, 6) is 0. The molecule has 0 saturated heterocycles. The molecule has 0 fully saturated rings. The Balaban J connectivity index is 2.10. The molecule has 3 aromatic rings. The number of hydrogen-bond acceptors (Lipinski definition) is 2. The number of aromatic nitrogens is 1. The molecule has 0 aliphatic rings. The van der Waals surface area contributed by atoms with Gasteiger partial charge in [-0.1, -0.05) is 54.1 Å². The number of nitrogens with zero attached hydrogens (tertiary/aromatic N) is 1. The summed E-state index contributed by atoms with van der Waals surface area (Å²) in [7, 11) is 0. The first-order chi connectivity index (χ1) is 11.1. The van der Waals surface area contributed by atoms with Crippen LogP contribution in [0.5, 0.6) is 0 Å². The Morgan fingerprint density at radius 2 is 1.87 bits per heavy atom. The average molecular weight is 327 g/mol. The van der Waals surface area contributed by atoms with Crippen LogP contribution in [-0.2, 0) is 13.0 Å². The van der Waals surface area contributed by atoms with Gasteiger partial charge in [-0.05, 0) is 36.4 Å². The van der Waals surface area contributed by atoms with Gasteiger partial charge in [-0.3, -0.25) is 4.79 Å². The first-order valence-corrected chi connectivity index (χ1v) is 8.07. The number of nitrogens with two attached hydrogens (primary N) is 1. The Labute approximate surface area is 140 Å². The van der Waals surface area contributed by atoms with E-state index in [1.807, 2.05) is 43.3 Å². The number of aryl methyl sites for hydroxylation is 1. The van der Waals surface area contributed by atoms with Crippen molar-refractivity contribution >= 4 is 22.4 Å². The summed E-state index contributed by atoms with van der Waals surface area (Å²) >= 11 is 6.24. The predicted molar refractivity (Wildman–Crippen MR) is 96.0 cm³/mol. The summed E-state index contributed by atoms with van der Waals surface area (Å²) in [4.78, 5) is 12.9. The summed E-state index contributed by atoms with van der Waals surface area (Å²) in [5, 5.41) is 1.88. The molecule has 0 aliphatic heterocycles. The fraction of sp³-hybridized carbons (Fsp3) is 0.211. The minimum atomic E-state index is -0.221. The molecule has 1 atom stereocenters. The van der Waals surface area contributed by atoms with Gasteiger partial charge in [-0.15, -0.1) is 0 Å². The van der Waals surface area contributed by atoms with Crippen molar-refractivity contribution in [1.29, 1.82) is 0 Å². The zero-order valence-corrected chi connectivity index (χ0v) is 13.8. The first-order valence-electron chi connectivity index (χ1n) is 7.69. The van der Waals surface area contributed by atoms with E-state index in [1.165, 1.54) is 5.56 Å². The monoisotopic (exact) mass is 326 g/mol. The summed E-state index contributed by atoms with van der Waals surface area (Å²) in [6.45, 7) is 2.48. The van der Waals surface area contributed by atoms with Crippen molar-refractivity contribution in [3.05, 3.63) is 81.2 Å². The Hall–Kier alpha value is -2.10. The predicted octanol–water partition coefficient (Wildman–Crippen LogP) is 3.92. The van der Waals surface area contributed by atoms with Gasteiger partial charge in [0.15, 0.2) is 0 Å². The summed E-state index contributed by atoms with van der Waals surface area (Å²) in [6, 6.07) is 17.4. The topological polar surface area (TPSA) is 48.0 Å². The van der Waals surface area contributed by atoms with Crippen molar-refractivity contribution in [2.24, 2.45) is 5.73 Å². The SMILES string of the molecule is CC(N)c1cc2cccc(Cl)c2c(=O)n1CCc1ccccc1. The lowest BCUT2D eigenvalue weighted by molar-refractivity contribution is 0.602. The van der Waals surface area contributed by atoms with Crippen molar-refractivity contribution in [1.82, 2.24) is 4.57 Å². The van der Waals surface area contributed by atoms with Crippen LogP contribution in [0.4, 0.5) is 0 Å². The van der Waals surface area contributed by atoms with Crippen molar-refractivity contribution in [2.75, 3.05) is 0 Å². The maximum absolute atomic E-state index is 12.9. The Kier molecular flexibility index (Phi) is 4.51. The number of rotatable bonds is 4. The second-order valence-electron chi connectivity index (χ2n) is 5.75. The molecule has 2 aromatic carbocycles. The first kappa shape index (κ1) is 15.8. The number of hydrogen-bond donors (Lipinski definition) is 1. The van der Waals surface area contributed by atoms with Crippen LogP contribution in [0, 0.1) is 0 Å². The van der Waals surface area contributed by atoms with E-state index < -0.39 is 0 Å². The summed E-state index contributed by atoms with van der Waals surface area (Å²) < 4.78 is 1.76. The molecule has 0 radical (unpaired) electrons. The van der Waals surface area contributed by atoms with Crippen LogP contribution in [0.25, 0.3) is 10.8 Å². The van der Waals surface area contributed by atoms with Crippen molar-refractivity contribution in [2.45, 2.75) is 25.9 Å². The quantitative estimate of drug-likeness (QED) is 0.790. The van der Waals surface area contributed by atoms with E-state index in [0.717, 1.165) is 17.5 Å². The van der Waals surface area contributed by atoms with Gasteiger partial charge in [0.2, 0.25) is 0 Å². The van der Waals surface area contributed by atoms with Gasteiger partial charge < -0.3 is 10.3 Å². The third-order valence-corrected chi connectivity index (χ3v) is 4.37. The lowest BCUT2D eigenvalue weighted by Gasteiger charge is -2.17. The molecular formula is C19H19ClN2O. The molecule has 0 saturated carbocycles. The second-order valence-corrected chi connectivity index (χ2v) is 6.16. The van der Waals surface area contributed by atoms with E-state index >= 15 is 0 Å². The maximum atomic E-state index is 12.9. The molecule has 3 nitrogen and oxygen atoms in total. The van der Waals surface area contributed by atoms with E-state index in [1.54, 1.807) is 10.6 Å². The van der Waals surface area contributed by atoms with E-state index in [-0.39, 0.29) is 11.6 Å². The van der Waals surface area contributed by atoms with Crippen LogP contribution < -0.4 is 11.3 Å². The molecule has 2 N–H and O–H groups in total. The molecule has 1 aromatic heterocycles. The zero-order valence-electron chi connectivity index (χ0n) is 13.0. The lowest BCUT2D eigenvalue weighted by atomic mass is 10.1. The van der Waals surface area contributed by atoms with E-state index in [9.17, 15) is 4.79 Å². The maximum Gasteiger partial charge on any atom is 0.260 e. The minimum absolute atomic E-state index is 0.0728. The van der Waals surface area contributed by atoms with Gasteiger partial charge in [-0.2, -0.15) is 0 Å². The molecule has 0 aliphatic carbocycles. The van der Waals surface area contributed by atoms with Crippen LogP contribution in [0.15, 0.2) is 59.4 Å². The van der Waals surface area contributed by atoms with Gasteiger partial charge in [0.1, 0.15) is 0 Å². The summed E-state index contributed by atoms with van der Waals surface area (Å²) in [5.41, 5.74) is 8.04. The van der Waals surface area contributed by atoms with Crippen LogP contribution in [0.1, 0.15) is 24.2 Å². The molecule has 1 heterocycles. The van der Waals surface area contributed by atoms with Crippen LogP contribution in [-0.4, -0.2) is 4.57 Å². The molecule has 1 unspecified atom stereocenters. The van der Waals surface area contributed by atoms with Gasteiger partial charge in [0, 0.05) is 18.3 Å². The van der Waals surface area contributed by atoms with Gasteiger partial charge in [0.25, 0.3) is 5.56 Å². The fourth-order valence-corrected chi connectivity index (χ4v) is 3.13. The normalized spacial score (nSPS) is 12.5. The van der Waals surface area contributed by atoms with Crippen LogP contribution in [0.2, 0.25) is 5.02 Å². The molecule has 23 heavy (non-hydrogen) atoms. The largest absolute Gasteiger partial charge is 0.323 e. The molecule has 0 amide bonds. The Morgan fingerprint density at radius 3 is 2.57 bits per heavy atom. The van der Waals surface area contributed by atoms with Gasteiger partial charge in [0.05, 0.1) is 10.4 Å². The standard InChI is InChI=1S/C19H19ClN2O/c1-13(21)17-12-15-8-5-9-16(20)18(15)19(23)22(17)11-10-14-6-3-2-4-7-14/h2-9,12-13H,10-11,21H2,1H3. The lowest BCUT2D eigenvalue weighted by Crippen LogP contribution is -2.28. The highest BCUT2D eigenvalue weighted by Gasteiger charge is 2.14. The minimum Gasteiger partial charge on any atom is -0.323 e. The van der Waals surface area contributed by atoms with Gasteiger partial charge in [-0.25, -0.2) is 0 Å². The smallest absolute Gasteiger partial charge is 0.260 e. The van der Waals surface area contributed by atoms with E-state index in [0.29, 0.717) is 17.0 Å². The number of pyridine rings is 1.